The van der Waals surface area contributed by atoms with Crippen LogP contribution in [0.3, 0.4) is 0 Å². The molecule has 0 fully saturated rings. The van der Waals surface area contributed by atoms with Crippen molar-refractivity contribution >= 4 is 43.7 Å². The van der Waals surface area contributed by atoms with Gasteiger partial charge in [-0.3, -0.25) is 23.7 Å². The molecule has 0 aliphatic rings. The summed E-state index contributed by atoms with van der Waals surface area (Å²) < 4.78 is 72.5. The first-order chi connectivity index (χ1) is 27.6. The van der Waals surface area contributed by atoms with Gasteiger partial charge in [-0.05, 0) is 87.7 Å². The van der Waals surface area contributed by atoms with Crippen molar-refractivity contribution in [1.29, 1.82) is 0 Å². The van der Waals surface area contributed by atoms with E-state index < -0.39 is 40.4 Å². The van der Waals surface area contributed by atoms with Gasteiger partial charge in [0, 0.05) is 65.4 Å². The highest BCUT2D eigenvalue weighted by molar-refractivity contribution is 9.10. The van der Waals surface area contributed by atoms with E-state index in [1.54, 1.807) is 37.3 Å². The number of nitrogens with one attached hydrogen (secondary N) is 1. The Morgan fingerprint density at radius 3 is 1.88 bits per heavy atom. The molecule has 0 saturated carbocycles. The molecule has 5 aromatic rings. The molecule has 1 N–H and O–H groups in total. The topological polar surface area (TPSA) is 118 Å². The van der Waals surface area contributed by atoms with E-state index in [2.05, 4.69) is 55.1 Å². The minimum absolute atomic E-state index is 0.121. The lowest BCUT2D eigenvalue weighted by Gasteiger charge is -2.17. The summed E-state index contributed by atoms with van der Waals surface area (Å²) in [4.78, 5) is 49.6. The number of nitrogens with zero attached hydrogens (tertiary/aromatic N) is 2. The normalized spacial score (nSPS) is 10.6. The largest absolute Gasteiger partial charge is 0.487 e. The number of carbonyl (C=O) groups is 2. The molecule has 304 valence electrons. The van der Waals surface area contributed by atoms with Gasteiger partial charge in [0.2, 0.25) is 0 Å². The lowest BCUT2D eigenvalue weighted by atomic mass is 10.1. The van der Waals surface area contributed by atoms with Gasteiger partial charge in [-0.2, -0.15) is 0 Å². The number of pyridine rings is 2. The maximum Gasteiger partial charge on any atom is 0.311 e. The lowest BCUT2D eigenvalue weighted by Crippen LogP contribution is -2.26. The van der Waals surface area contributed by atoms with Gasteiger partial charge in [-0.25, -0.2) is 17.6 Å². The molecule has 2 heterocycles. The van der Waals surface area contributed by atoms with Crippen LogP contribution in [-0.4, -0.2) is 34.7 Å². The summed E-state index contributed by atoms with van der Waals surface area (Å²) in [6.07, 6.45) is 2.95. The number of halogens is 6. The highest BCUT2D eigenvalue weighted by Gasteiger charge is 2.19. The second-order valence-corrected chi connectivity index (χ2v) is 14.0. The fourth-order valence-corrected chi connectivity index (χ4v) is 6.23. The summed E-state index contributed by atoms with van der Waals surface area (Å²) in [5.74, 6) is -3.30. The molecule has 0 radical (unpaired) electrons. The van der Waals surface area contributed by atoms with Crippen LogP contribution in [-0.2, 0) is 35.7 Å². The number of hydrogen-bond acceptors (Lipinski definition) is 7. The summed E-state index contributed by atoms with van der Waals surface area (Å²) in [5, 5.41) is 2.71. The average molecular weight is 932 g/mol. The van der Waals surface area contributed by atoms with E-state index in [1.807, 2.05) is 6.92 Å². The zero-order chi connectivity index (χ0) is 42.7. The third-order valence-electron chi connectivity index (χ3n) is 8.37. The highest BCUT2D eigenvalue weighted by Crippen LogP contribution is 2.28. The average Bonchev–Trinajstić information content (AvgIpc) is 3.19. The minimum Gasteiger partial charge on any atom is -0.487 e. The van der Waals surface area contributed by atoms with E-state index in [9.17, 15) is 36.7 Å². The molecule has 0 atom stereocenters. The Labute approximate surface area is 347 Å². The summed E-state index contributed by atoms with van der Waals surface area (Å²) in [7, 11) is 1.24. The third-order valence-corrected chi connectivity index (χ3v) is 9.83. The molecule has 3 aromatic carbocycles. The van der Waals surface area contributed by atoms with Crippen LogP contribution >= 0.6 is 31.9 Å². The van der Waals surface area contributed by atoms with E-state index in [1.165, 1.54) is 40.5 Å². The Kier molecular flexibility index (Phi) is 16.0. The summed E-state index contributed by atoms with van der Waals surface area (Å²) in [5.41, 5.74) is 2.13. The van der Waals surface area contributed by atoms with Crippen LogP contribution in [0.25, 0.3) is 5.69 Å². The molecule has 16 heteroatoms. The van der Waals surface area contributed by atoms with Gasteiger partial charge >= 0.3 is 5.97 Å². The molecule has 5 rings (SSSR count). The number of amides is 1. The van der Waals surface area contributed by atoms with Gasteiger partial charge in [-0.1, -0.05) is 18.2 Å². The first-order valence-electron chi connectivity index (χ1n) is 17.3. The molecule has 10 nitrogen and oxygen atoms in total. The Morgan fingerprint density at radius 2 is 1.34 bits per heavy atom. The number of esters is 1. The Balaban J connectivity index is 0.000000262. The molecule has 0 aliphatic carbocycles. The van der Waals surface area contributed by atoms with Gasteiger partial charge in [0.05, 0.1) is 19.2 Å². The predicted octanol–water partition coefficient (Wildman–Crippen LogP) is 8.36. The number of hydrogen-bond donors (Lipinski definition) is 1. The van der Waals surface area contributed by atoms with Crippen LogP contribution in [0, 0.1) is 37.1 Å². The van der Waals surface area contributed by atoms with Crippen molar-refractivity contribution < 1.29 is 41.4 Å². The highest BCUT2D eigenvalue weighted by atomic mass is 79.9. The van der Waals surface area contributed by atoms with Crippen molar-refractivity contribution in [3.8, 4) is 17.2 Å². The van der Waals surface area contributed by atoms with Crippen molar-refractivity contribution in [2.24, 2.45) is 0 Å². The Hall–Kier alpha value is -5.74. The zero-order valence-electron chi connectivity index (χ0n) is 31.5. The maximum atomic E-state index is 13.9. The smallest absolute Gasteiger partial charge is 0.311 e. The van der Waals surface area contributed by atoms with Gasteiger partial charge in [0.15, 0.2) is 0 Å². The maximum absolute atomic E-state index is 13.9. The number of aryl methyl sites for hydroxylation is 2. The minimum atomic E-state index is -0.754. The number of methoxy groups -OCH3 is 1. The van der Waals surface area contributed by atoms with E-state index in [0.717, 1.165) is 29.8 Å². The standard InChI is InChI=1S/C24H21BrF2N2O3.C18H16BrF2NO4/c1-4-9-28-23(30)16-6-5-14(2)20(11-16)29-15(3)10-21(22(25)24(29)31)32-13-17-7-8-18(26)12-19(17)27;1-3-6-22-13(9-16(23)25-2)8-15(17(19)18(22)24)26-10-11-4-5-12(20)7-14(11)21/h4-8,10-12H,1,9,13H2,2-3H3,(H,28,30);3-5,7-8H,1,6,9-10H2,2H3. The van der Waals surface area contributed by atoms with Crippen molar-refractivity contribution in [3.63, 3.8) is 0 Å². The molecule has 0 bridgehead atoms. The fraction of sp³-hybridized carbons (Fsp3) is 0.190. The first kappa shape index (κ1) is 45.0. The van der Waals surface area contributed by atoms with Gasteiger partial charge in [0.25, 0.3) is 17.0 Å². The molecule has 0 aliphatic heterocycles. The molecule has 58 heavy (non-hydrogen) atoms. The molecule has 0 saturated heterocycles. The number of rotatable bonds is 14. The second-order valence-electron chi connectivity index (χ2n) is 12.4. The van der Waals surface area contributed by atoms with Gasteiger partial charge < -0.3 is 24.1 Å². The van der Waals surface area contributed by atoms with E-state index in [4.69, 9.17) is 9.47 Å². The van der Waals surface area contributed by atoms with Gasteiger partial charge in [0.1, 0.15) is 56.9 Å². The fourth-order valence-electron chi connectivity index (χ4n) is 5.38. The predicted molar refractivity (Wildman–Crippen MR) is 217 cm³/mol. The second kappa shape index (κ2) is 20.6. The number of ether oxygens (including phenoxy) is 3. The molecular weight excluding hydrogens is 894 g/mol. The SMILES string of the molecule is C=CCNC(=O)c1ccc(C)c(-n2c(C)cc(OCc3ccc(F)cc3F)c(Br)c2=O)c1.C=CCn1c(CC(=O)OC)cc(OCc2ccc(F)cc2F)c(Br)c1=O. The van der Waals surface area contributed by atoms with E-state index >= 15 is 0 Å². The van der Waals surface area contributed by atoms with Crippen molar-refractivity contribution in [1.82, 2.24) is 14.5 Å². The molecular formula is C42H37Br2F4N3O7. The molecule has 0 spiro atoms. The van der Waals surface area contributed by atoms with Crippen molar-refractivity contribution in [2.75, 3.05) is 13.7 Å². The number of aromatic nitrogens is 2. The van der Waals surface area contributed by atoms with Crippen molar-refractivity contribution in [3.05, 3.63) is 179 Å². The third kappa shape index (κ3) is 11.2. The van der Waals surface area contributed by atoms with E-state index in [0.29, 0.717) is 29.2 Å². The number of carbonyl (C=O) groups excluding carboxylic acids is 2. The summed E-state index contributed by atoms with van der Waals surface area (Å²) in [6.45, 7) is 10.9. The van der Waals surface area contributed by atoms with Crippen LogP contribution in [0.1, 0.15) is 38.4 Å². The quantitative estimate of drug-likeness (QED) is 0.0676. The van der Waals surface area contributed by atoms with Gasteiger partial charge in [-0.15, -0.1) is 13.2 Å². The number of benzene rings is 3. The van der Waals surface area contributed by atoms with Crippen LogP contribution in [0.15, 0.2) is 111 Å². The first-order valence-corrected chi connectivity index (χ1v) is 18.8. The number of allylic oxidation sites excluding steroid dienone is 1. The Bertz CT molecular complexity index is 2490. The monoisotopic (exact) mass is 929 g/mol. The summed E-state index contributed by atoms with van der Waals surface area (Å²) in [6, 6.07) is 14.5. The summed E-state index contributed by atoms with van der Waals surface area (Å²) >= 11 is 6.43. The van der Waals surface area contributed by atoms with Crippen LogP contribution in [0.4, 0.5) is 17.6 Å². The lowest BCUT2D eigenvalue weighted by molar-refractivity contribution is -0.139. The van der Waals surface area contributed by atoms with Crippen LogP contribution in [0.5, 0.6) is 11.5 Å². The van der Waals surface area contributed by atoms with E-state index in [-0.39, 0.29) is 63.7 Å². The molecule has 0 unspecified atom stereocenters. The van der Waals surface area contributed by atoms with Crippen LogP contribution in [0.2, 0.25) is 0 Å². The zero-order valence-corrected chi connectivity index (χ0v) is 34.6. The molecule has 1 amide bonds. The molecule has 2 aromatic heterocycles. The van der Waals surface area contributed by atoms with Crippen LogP contribution < -0.4 is 25.9 Å². The van der Waals surface area contributed by atoms with Crippen molar-refractivity contribution in [2.45, 2.75) is 40.0 Å². The Morgan fingerprint density at radius 1 is 0.776 bits per heavy atom.